The number of benzene rings is 2. The average Bonchev–Trinajstić information content (AvgIpc) is 3.49. The number of esters is 1. The molecule has 0 spiro atoms. The van der Waals surface area contributed by atoms with Crippen molar-refractivity contribution in [3.63, 3.8) is 0 Å². The Hall–Kier alpha value is -3.45. The van der Waals surface area contributed by atoms with Gasteiger partial charge in [0, 0.05) is 18.8 Å². The van der Waals surface area contributed by atoms with Crippen molar-refractivity contribution in [2.24, 2.45) is 4.99 Å². The minimum atomic E-state index is -0.577. The van der Waals surface area contributed by atoms with Gasteiger partial charge in [0.25, 0.3) is 5.56 Å². The molecule has 0 unspecified atom stereocenters. The SMILES string of the molecule is CCOC(=O)C1=C(C)N=c2s/c(=C/c3ccc(N4CCCC4)cc3C)c(=O)n2[C@H]1c1ccccc1. The van der Waals surface area contributed by atoms with Crippen molar-refractivity contribution in [2.75, 3.05) is 24.6 Å². The van der Waals surface area contributed by atoms with Crippen molar-refractivity contribution < 1.29 is 9.53 Å². The summed E-state index contributed by atoms with van der Waals surface area (Å²) in [4.78, 5) is 34.3. The van der Waals surface area contributed by atoms with Crippen molar-refractivity contribution in [1.29, 1.82) is 0 Å². The van der Waals surface area contributed by atoms with Crippen LogP contribution < -0.4 is 19.8 Å². The van der Waals surface area contributed by atoms with E-state index in [-0.39, 0.29) is 12.2 Å². The fraction of sp³-hybridized carbons (Fsp3) is 0.321. The Morgan fingerprint density at radius 2 is 1.89 bits per heavy atom. The molecular weight excluding hydrogens is 458 g/mol. The van der Waals surface area contributed by atoms with Crippen LogP contribution in [0, 0.1) is 6.92 Å². The molecule has 0 amide bonds. The van der Waals surface area contributed by atoms with Gasteiger partial charge in [0.2, 0.25) is 0 Å². The van der Waals surface area contributed by atoms with Crippen molar-refractivity contribution in [3.8, 4) is 0 Å². The lowest BCUT2D eigenvalue weighted by atomic mass is 9.96. The molecular formula is C28H29N3O3S. The summed E-state index contributed by atoms with van der Waals surface area (Å²) < 4.78 is 7.58. The molecule has 1 aromatic heterocycles. The Kier molecular flexibility index (Phi) is 6.43. The molecule has 7 heteroatoms. The zero-order chi connectivity index (χ0) is 24.5. The van der Waals surface area contributed by atoms with E-state index in [4.69, 9.17) is 4.74 Å². The van der Waals surface area contributed by atoms with Crippen molar-refractivity contribution >= 4 is 29.1 Å². The second-order valence-corrected chi connectivity index (χ2v) is 9.96. The molecule has 1 atom stereocenters. The summed E-state index contributed by atoms with van der Waals surface area (Å²) in [6.45, 7) is 8.11. The van der Waals surface area contributed by atoms with E-state index in [2.05, 4.69) is 35.0 Å². The molecule has 0 radical (unpaired) electrons. The third-order valence-electron chi connectivity index (χ3n) is 6.64. The summed E-state index contributed by atoms with van der Waals surface area (Å²) in [7, 11) is 0. The summed E-state index contributed by atoms with van der Waals surface area (Å²) >= 11 is 1.36. The van der Waals surface area contributed by atoms with Gasteiger partial charge in [-0.1, -0.05) is 47.7 Å². The highest BCUT2D eigenvalue weighted by Crippen LogP contribution is 2.30. The maximum absolute atomic E-state index is 13.7. The second-order valence-electron chi connectivity index (χ2n) is 8.95. The smallest absolute Gasteiger partial charge is 0.338 e. The van der Waals surface area contributed by atoms with E-state index in [0.717, 1.165) is 29.8 Å². The molecule has 35 heavy (non-hydrogen) atoms. The molecule has 3 heterocycles. The van der Waals surface area contributed by atoms with Gasteiger partial charge >= 0.3 is 5.97 Å². The molecule has 6 nitrogen and oxygen atoms in total. The highest BCUT2D eigenvalue weighted by molar-refractivity contribution is 7.07. The van der Waals surface area contributed by atoms with Crippen LogP contribution in [0.15, 0.2) is 69.6 Å². The topological polar surface area (TPSA) is 63.9 Å². The lowest BCUT2D eigenvalue weighted by molar-refractivity contribution is -0.139. The summed E-state index contributed by atoms with van der Waals surface area (Å²) in [5.41, 5.74) is 5.05. The monoisotopic (exact) mass is 487 g/mol. The number of allylic oxidation sites excluding steroid dienone is 1. The molecule has 1 saturated heterocycles. The summed E-state index contributed by atoms with van der Waals surface area (Å²) in [5.74, 6) is -0.440. The zero-order valence-electron chi connectivity index (χ0n) is 20.3. The fourth-order valence-corrected chi connectivity index (χ4v) is 5.91. The Balaban J connectivity index is 1.63. The first-order chi connectivity index (χ1) is 17.0. The van der Waals surface area contributed by atoms with Crippen LogP contribution >= 0.6 is 11.3 Å². The van der Waals surface area contributed by atoms with Crippen LogP contribution in [-0.2, 0) is 9.53 Å². The average molecular weight is 488 g/mol. The number of nitrogens with zero attached hydrogens (tertiary/aromatic N) is 3. The van der Waals surface area contributed by atoms with Crippen molar-refractivity contribution in [2.45, 2.75) is 39.7 Å². The summed E-state index contributed by atoms with van der Waals surface area (Å²) in [6.07, 6.45) is 4.41. The molecule has 2 aliphatic heterocycles. The molecule has 0 bridgehead atoms. The van der Waals surface area contributed by atoms with Gasteiger partial charge in [0.1, 0.15) is 0 Å². The van der Waals surface area contributed by atoms with E-state index >= 15 is 0 Å². The molecule has 2 aliphatic rings. The highest BCUT2D eigenvalue weighted by Gasteiger charge is 2.33. The first-order valence-electron chi connectivity index (χ1n) is 12.1. The molecule has 1 fully saturated rings. The van der Waals surface area contributed by atoms with E-state index < -0.39 is 12.0 Å². The maximum Gasteiger partial charge on any atom is 0.338 e. The Morgan fingerprint density at radius 3 is 2.57 bits per heavy atom. The first kappa shape index (κ1) is 23.3. The van der Waals surface area contributed by atoms with Gasteiger partial charge < -0.3 is 9.64 Å². The van der Waals surface area contributed by atoms with Crippen LogP contribution in [0.1, 0.15) is 49.4 Å². The van der Waals surface area contributed by atoms with E-state index in [9.17, 15) is 9.59 Å². The van der Waals surface area contributed by atoms with E-state index in [0.29, 0.717) is 20.6 Å². The lowest BCUT2D eigenvalue weighted by Gasteiger charge is -2.24. The van der Waals surface area contributed by atoms with E-state index in [1.54, 1.807) is 18.4 Å². The number of thiazole rings is 1. The second kappa shape index (κ2) is 9.66. The molecule has 180 valence electrons. The number of hydrogen-bond donors (Lipinski definition) is 0. The maximum atomic E-state index is 13.7. The Labute approximate surface area is 208 Å². The molecule has 0 aliphatic carbocycles. The fourth-order valence-electron chi connectivity index (χ4n) is 4.88. The standard InChI is InChI=1S/C28H29N3O3S/c1-4-34-27(33)24-19(3)29-28-31(25(24)20-10-6-5-7-11-20)26(32)23(35-28)17-21-12-13-22(16-18(21)2)30-14-8-9-15-30/h5-7,10-13,16-17,25H,4,8-9,14-15H2,1-3H3/b23-17+/t25-/m0/s1. The Bertz CT molecular complexity index is 1480. The number of carbonyl (C=O) groups is 1. The van der Waals surface area contributed by atoms with Crippen molar-refractivity contribution in [3.05, 3.63) is 96.2 Å². The number of carbonyl (C=O) groups excluding carboxylic acids is 1. The lowest BCUT2D eigenvalue weighted by Crippen LogP contribution is -2.39. The number of aromatic nitrogens is 1. The number of hydrogen-bond acceptors (Lipinski definition) is 6. The molecule has 3 aromatic rings. The normalized spacial score (nSPS) is 18.0. The minimum absolute atomic E-state index is 0.153. The predicted molar refractivity (Wildman–Crippen MR) is 139 cm³/mol. The number of fused-ring (bicyclic) bond motifs is 1. The van der Waals surface area contributed by atoms with Crippen LogP contribution in [0.4, 0.5) is 5.69 Å². The Morgan fingerprint density at radius 1 is 1.14 bits per heavy atom. The van der Waals surface area contributed by atoms with E-state index in [1.165, 1.54) is 29.9 Å². The van der Waals surface area contributed by atoms with Crippen LogP contribution in [-0.4, -0.2) is 30.2 Å². The molecule has 5 rings (SSSR count). The van der Waals surface area contributed by atoms with Crippen LogP contribution in [0.3, 0.4) is 0 Å². The number of aryl methyl sites for hydroxylation is 1. The van der Waals surface area contributed by atoms with Gasteiger partial charge in [-0.3, -0.25) is 9.36 Å². The predicted octanol–water partition coefficient (Wildman–Crippen LogP) is 3.71. The van der Waals surface area contributed by atoms with Crippen LogP contribution in [0.2, 0.25) is 0 Å². The third kappa shape index (κ3) is 4.36. The van der Waals surface area contributed by atoms with E-state index in [1.807, 2.05) is 36.4 Å². The molecule has 0 saturated carbocycles. The van der Waals surface area contributed by atoms with Gasteiger partial charge in [-0.05, 0) is 68.5 Å². The van der Waals surface area contributed by atoms with Gasteiger partial charge in [-0.2, -0.15) is 0 Å². The molecule has 2 aromatic carbocycles. The zero-order valence-corrected chi connectivity index (χ0v) is 21.1. The van der Waals surface area contributed by atoms with Gasteiger partial charge in [0.15, 0.2) is 4.80 Å². The molecule has 0 N–H and O–H groups in total. The third-order valence-corrected chi connectivity index (χ3v) is 7.63. The van der Waals surface area contributed by atoms with Crippen LogP contribution in [0.5, 0.6) is 0 Å². The number of rotatable bonds is 5. The van der Waals surface area contributed by atoms with Gasteiger partial charge in [-0.25, -0.2) is 9.79 Å². The summed E-state index contributed by atoms with van der Waals surface area (Å²) in [5, 5.41) is 0. The number of anilines is 1. The van der Waals surface area contributed by atoms with Gasteiger partial charge in [0.05, 0.1) is 28.5 Å². The first-order valence-corrected chi connectivity index (χ1v) is 12.9. The van der Waals surface area contributed by atoms with Gasteiger partial charge in [-0.15, -0.1) is 0 Å². The summed E-state index contributed by atoms with van der Waals surface area (Å²) in [6, 6.07) is 15.5. The van der Waals surface area contributed by atoms with Crippen LogP contribution in [0.25, 0.3) is 6.08 Å². The minimum Gasteiger partial charge on any atom is -0.463 e. The number of ether oxygens (including phenoxy) is 1. The largest absolute Gasteiger partial charge is 0.463 e. The highest BCUT2D eigenvalue weighted by atomic mass is 32.1. The quantitative estimate of drug-likeness (QED) is 0.515. The van der Waals surface area contributed by atoms with Crippen molar-refractivity contribution in [1.82, 2.24) is 4.57 Å².